The van der Waals surface area contributed by atoms with Crippen molar-refractivity contribution in [2.45, 2.75) is 36.3 Å². The minimum atomic E-state index is -1.90. The third kappa shape index (κ3) is 2.03. The number of aliphatic hydroxyl groups is 4. The molecule has 0 aromatic carbocycles. The number of carbonyl (C=O) groups is 1. The summed E-state index contributed by atoms with van der Waals surface area (Å²) in [5, 5.41) is 37.2. The molecule has 0 aliphatic carbocycles. The number of hydrogen-bond donors (Lipinski definition) is 5. The van der Waals surface area contributed by atoms with Gasteiger partial charge in [-0.1, -0.05) is 0 Å². The van der Waals surface area contributed by atoms with E-state index in [4.69, 9.17) is 9.84 Å². The van der Waals surface area contributed by atoms with E-state index in [9.17, 15) is 20.1 Å². The molecule has 5 atom stereocenters. The van der Waals surface area contributed by atoms with Crippen molar-refractivity contribution in [3.05, 3.63) is 0 Å². The van der Waals surface area contributed by atoms with Gasteiger partial charge < -0.3 is 25.2 Å². The largest absolute Gasteiger partial charge is 0.394 e. The van der Waals surface area contributed by atoms with Crippen LogP contribution in [-0.4, -0.2) is 62.2 Å². The summed E-state index contributed by atoms with van der Waals surface area (Å²) in [4.78, 5) is 9.31. The Morgan fingerprint density at radius 2 is 1.93 bits per heavy atom. The topological polar surface area (TPSA) is 107 Å². The number of aliphatic hydroxyl groups excluding tert-OH is 4. The summed E-state index contributed by atoms with van der Waals surface area (Å²) in [6.45, 7) is 0.551. The first-order valence-electron chi connectivity index (χ1n) is 4.41. The van der Waals surface area contributed by atoms with E-state index in [2.05, 4.69) is 12.6 Å². The van der Waals surface area contributed by atoms with Crippen molar-refractivity contribution in [2.75, 3.05) is 6.61 Å². The van der Waals surface area contributed by atoms with E-state index in [0.717, 1.165) is 6.92 Å². The highest BCUT2D eigenvalue weighted by Crippen LogP contribution is 2.33. The van der Waals surface area contributed by atoms with Gasteiger partial charge in [-0.15, -0.1) is 12.6 Å². The molecule has 1 rings (SSSR count). The highest BCUT2D eigenvalue weighted by Gasteiger charge is 2.54. The van der Waals surface area contributed by atoms with E-state index in [0.29, 0.717) is 0 Å². The molecule has 1 heterocycles. The Morgan fingerprint density at radius 1 is 1.40 bits per heavy atom. The number of thiol groups is 1. The van der Waals surface area contributed by atoms with Gasteiger partial charge in [-0.3, -0.25) is 4.79 Å². The fourth-order valence-corrected chi connectivity index (χ4v) is 1.73. The third-order valence-corrected chi connectivity index (χ3v) is 3.16. The minimum Gasteiger partial charge on any atom is -0.394 e. The normalized spacial score (nSPS) is 46.5. The molecule has 1 saturated heterocycles. The van der Waals surface area contributed by atoms with Crippen LogP contribution in [-0.2, 0) is 9.53 Å². The van der Waals surface area contributed by atoms with Crippen LogP contribution in [0.25, 0.3) is 0 Å². The molecule has 0 aromatic heterocycles. The Hall–Kier alpha value is -0.180. The number of Topliss-reactive ketones (excluding diaryl/α,β-unsaturated/α-hetero) is 1. The molecule has 0 radical (unpaired) electrons. The number of ether oxygens (including phenoxy) is 1. The van der Waals surface area contributed by atoms with E-state index in [1.165, 1.54) is 0 Å². The maximum Gasteiger partial charge on any atom is 0.197 e. The zero-order valence-corrected chi connectivity index (χ0v) is 8.96. The number of hydrogen-bond acceptors (Lipinski definition) is 7. The Labute approximate surface area is 91.9 Å². The van der Waals surface area contributed by atoms with Crippen molar-refractivity contribution in [1.29, 1.82) is 0 Å². The van der Waals surface area contributed by atoms with E-state index in [1.54, 1.807) is 0 Å². The first-order chi connectivity index (χ1) is 6.84. The maximum absolute atomic E-state index is 11.2. The molecule has 6 nitrogen and oxygen atoms in total. The van der Waals surface area contributed by atoms with Crippen LogP contribution < -0.4 is 0 Å². The molecule has 1 unspecified atom stereocenters. The van der Waals surface area contributed by atoms with Crippen LogP contribution in [0.3, 0.4) is 0 Å². The van der Waals surface area contributed by atoms with Gasteiger partial charge in [-0.25, -0.2) is 0 Å². The highest BCUT2D eigenvalue weighted by molar-refractivity contribution is 7.82. The molecule has 0 bridgehead atoms. The summed E-state index contributed by atoms with van der Waals surface area (Å²) in [7, 11) is 0. The van der Waals surface area contributed by atoms with Crippen molar-refractivity contribution in [2.24, 2.45) is 0 Å². The fraction of sp³-hybridized carbons (Fsp3) is 0.875. The average molecular weight is 238 g/mol. The van der Waals surface area contributed by atoms with Crippen LogP contribution >= 0.6 is 12.6 Å². The van der Waals surface area contributed by atoms with Crippen molar-refractivity contribution in [1.82, 2.24) is 0 Å². The number of carbonyl (C=O) groups excluding carboxylic acids is 1. The molecule has 0 spiro atoms. The predicted octanol–water partition coefficient (Wildman–Crippen LogP) is -2.32. The molecule has 1 aliphatic heterocycles. The van der Waals surface area contributed by atoms with E-state index < -0.39 is 41.7 Å². The molecule has 4 N–H and O–H groups in total. The molecule has 0 amide bonds. The van der Waals surface area contributed by atoms with Gasteiger partial charge in [0.2, 0.25) is 0 Å². The molecule has 15 heavy (non-hydrogen) atoms. The summed E-state index contributed by atoms with van der Waals surface area (Å²) in [6, 6.07) is 0. The van der Waals surface area contributed by atoms with E-state index >= 15 is 0 Å². The van der Waals surface area contributed by atoms with Gasteiger partial charge in [-0.05, 0) is 6.92 Å². The van der Waals surface area contributed by atoms with Gasteiger partial charge in [-0.2, -0.15) is 0 Å². The van der Waals surface area contributed by atoms with Crippen molar-refractivity contribution < 1.29 is 30.0 Å². The first-order valence-corrected chi connectivity index (χ1v) is 4.85. The molecule has 1 fully saturated rings. The lowest BCUT2D eigenvalue weighted by Gasteiger charge is -2.44. The Bertz CT molecular complexity index is 258. The van der Waals surface area contributed by atoms with E-state index in [-0.39, 0.29) is 0 Å². The first kappa shape index (κ1) is 12.9. The average Bonchev–Trinajstić information content (AvgIpc) is 2.20. The second kappa shape index (κ2) is 4.36. The van der Waals surface area contributed by atoms with Crippen LogP contribution in [0.2, 0.25) is 0 Å². The summed E-state index contributed by atoms with van der Waals surface area (Å²) < 4.78 is 4.98. The van der Waals surface area contributed by atoms with Crippen molar-refractivity contribution in [3.63, 3.8) is 0 Å². The van der Waals surface area contributed by atoms with Gasteiger partial charge >= 0.3 is 0 Å². The summed E-state index contributed by atoms with van der Waals surface area (Å²) in [6.07, 6.45) is -5.83. The highest BCUT2D eigenvalue weighted by atomic mass is 32.1. The SMILES string of the molecule is CC(=O)C1(S)O[C@H](CO)[C@@H](O)[C@H](O)[C@H]1O. The molecule has 7 heteroatoms. The van der Waals surface area contributed by atoms with Gasteiger partial charge in [0.05, 0.1) is 6.61 Å². The van der Waals surface area contributed by atoms with Crippen LogP contribution in [0, 0.1) is 0 Å². The van der Waals surface area contributed by atoms with Crippen LogP contribution in [0.5, 0.6) is 0 Å². The summed E-state index contributed by atoms with van der Waals surface area (Å²) >= 11 is 3.85. The van der Waals surface area contributed by atoms with Gasteiger partial charge in [0.25, 0.3) is 0 Å². The molecular formula is C8H14O6S. The second-order valence-electron chi connectivity index (χ2n) is 3.52. The predicted molar refractivity (Wildman–Crippen MR) is 52.4 cm³/mol. The summed E-state index contributed by atoms with van der Waals surface area (Å²) in [5.74, 6) is -0.609. The Balaban J connectivity index is 2.97. The zero-order valence-electron chi connectivity index (χ0n) is 8.07. The van der Waals surface area contributed by atoms with Crippen molar-refractivity contribution in [3.8, 4) is 0 Å². The second-order valence-corrected chi connectivity index (χ2v) is 4.18. The zero-order chi connectivity index (χ0) is 11.8. The molecule has 88 valence electrons. The standard InChI is InChI=1S/C8H14O6S/c1-3(10)8(15)7(13)6(12)5(11)4(2-9)14-8/h4-7,9,11-13,15H,2H2,1H3/t4-,5-,6+,7-,8?/m1/s1. The van der Waals surface area contributed by atoms with Crippen LogP contribution in [0.4, 0.5) is 0 Å². The number of rotatable bonds is 2. The third-order valence-electron chi connectivity index (χ3n) is 2.47. The Kier molecular flexibility index (Phi) is 3.75. The van der Waals surface area contributed by atoms with E-state index in [1.807, 2.05) is 0 Å². The number of ketones is 1. The minimum absolute atomic E-state index is 0.583. The fourth-order valence-electron chi connectivity index (χ4n) is 1.44. The monoisotopic (exact) mass is 238 g/mol. The quantitative estimate of drug-likeness (QED) is 0.346. The molecule has 1 aliphatic rings. The molecule has 0 aromatic rings. The molecule has 0 saturated carbocycles. The van der Waals surface area contributed by atoms with Crippen molar-refractivity contribution >= 4 is 18.4 Å². The lowest BCUT2D eigenvalue weighted by Crippen LogP contribution is -2.65. The Morgan fingerprint density at radius 3 is 2.33 bits per heavy atom. The maximum atomic E-state index is 11.2. The molecular weight excluding hydrogens is 224 g/mol. The van der Waals surface area contributed by atoms with Gasteiger partial charge in [0.1, 0.15) is 24.4 Å². The van der Waals surface area contributed by atoms with Crippen LogP contribution in [0.1, 0.15) is 6.92 Å². The lowest BCUT2D eigenvalue weighted by molar-refractivity contribution is -0.235. The lowest BCUT2D eigenvalue weighted by atomic mass is 9.93. The van der Waals surface area contributed by atoms with Crippen LogP contribution in [0.15, 0.2) is 0 Å². The van der Waals surface area contributed by atoms with Gasteiger partial charge in [0, 0.05) is 0 Å². The smallest absolute Gasteiger partial charge is 0.197 e. The van der Waals surface area contributed by atoms with Gasteiger partial charge in [0.15, 0.2) is 10.7 Å². The summed E-state index contributed by atoms with van der Waals surface area (Å²) in [5.41, 5.74) is 0.